The Hall–Kier alpha value is 0.380. The Kier molecular flexibility index (Phi) is 4.37. The van der Waals surface area contributed by atoms with Crippen LogP contribution in [0.15, 0.2) is 0 Å². The molecule has 2 aliphatic rings. The van der Waals surface area contributed by atoms with E-state index in [0.717, 1.165) is 0 Å². The second-order valence-electron chi connectivity index (χ2n) is 5.07. The van der Waals surface area contributed by atoms with Gasteiger partial charge in [0.15, 0.2) is 0 Å². The second kappa shape index (κ2) is 4.81. The van der Waals surface area contributed by atoms with Crippen molar-refractivity contribution in [2.45, 2.75) is 31.4 Å². The molecule has 2 saturated carbocycles. The fraction of sp³-hybridized carbons (Fsp3) is 0.900. The standard InChI is InChI=1S/C10H16O5S.Na/c1-10(9(11)15-2)5-6-3-7(10)4-8(6)16(12,13)14;/h6-8H,3-5H2,1-2H3,(H,12,13,14);/q;+1/p-1. The number of fused-ring (bicyclic) bond motifs is 2. The van der Waals surface area contributed by atoms with E-state index in [2.05, 4.69) is 0 Å². The van der Waals surface area contributed by atoms with Gasteiger partial charge in [0.1, 0.15) is 0 Å². The number of hydrogen-bond donors (Lipinski definition) is 0. The van der Waals surface area contributed by atoms with Gasteiger partial charge in [0.25, 0.3) is 0 Å². The third-order valence-corrected chi connectivity index (χ3v) is 5.56. The number of rotatable bonds is 2. The topological polar surface area (TPSA) is 83.5 Å². The molecule has 2 fully saturated rings. The molecule has 0 N–H and O–H groups in total. The largest absolute Gasteiger partial charge is 1.00 e. The Bertz CT molecular complexity index is 420. The van der Waals surface area contributed by atoms with E-state index in [-0.39, 0.29) is 47.4 Å². The number of hydrogen-bond acceptors (Lipinski definition) is 5. The van der Waals surface area contributed by atoms with Crippen molar-refractivity contribution in [1.29, 1.82) is 0 Å². The first-order valence-electron chi connectivity index (χ1n) is 5.32. The first-order chi connectivity index (χ1) is 7.29. The van der Waals surface area contributed by atoms with Gasteiger partial charge in [0.05, 0.1) is 27.9 Å². The third-order valence-electron chi connectivity index (χ3n) is 4.24. The molecule has 4 unspecified atom stereocenters. The van der Waals surface area contributed by atoms with E-state index in [9.17, 15) is 17.8 Å². The second-order valence-corrected chi connectivity index (χ2v) is 6.66. The SMILES string of the molecule is COC(=O)C1(C)CC2CC1CC2S(=O)(=O)[O-].[Na+]. The first kappa shape index (κ1) is 15.4. The molecular formula is C10H15NaO5S. The maximum Gasteiger partial charge on any atom is 1.00 e. The van der Waals surface area contributed by atoms with Crippen LogP contribution in [0, 0.1) is 17.3 Å². The zero-order chi connectivity index (χ0) is 12.1. The monoisotopic (exact) mass is 270 g/mol. The number of esters is 1. The van der Waals surface area contributed by atoms with Crippen LogP contribution in [-0.4, -0.2) is 31.3 Å². The molecule has 0 aromatic rings. The van der Waals surface area contributed by atoms with Crippen molar-refractivity contribution in [3.63, 3.8) is 0 Å². The molecular weight excluding hydrogens is 255 g/mol. The molecule has 7 heteroatoms. The van der Waals surface area contributed by atoms with Crippen LogP contribution in [0.3, 0.4) is 0 Å². The summed E-state index contributed by atoms with van der Waals surface area (Å²) in [6.45, 7) is 1.80. The Balaban J connectivity index is 0.00000144. The van der Waals surface area contributed by atoms with E-state index in [1.54, 1.807) is 6.92 Å². The maximum atomic E-state index is 11.6. The van der Waals surface area contributed by atoms with E-state index in [1.807, 2.05) is 0 Å². The first-order valence-corrected chi connectivity index (χ1v) is 6.79. The average Bonchev–Trinajstić information content (AvgIpc) is 2.72. The molecule has 92 valence electrons. The van der Waals surface area contributed by atoms with Crippen molar-refractivity contribution >= 4 is 16.1 Å². The number of carbonyl (C=O) groups is 1. The molecule has 5 nitrogen and oxygen atoms in total. The van der Waals surface area contributed by atoms with Crippen molar-refractivity contribution in [3.8, 4) is 0 Å². The molecule has 0 aromatic heterocycles. The van der Waals surface area contributed by atoms with Crippen LogP contribution < -0.4 is 29.6 Å². The molecule has 0 radical (unpaired) electrons. The van der Waals surface area contributed by atoms with Gasteiger partial charge in [-0.05, 0) is 38.0 Å². The molecule has 0 heterocycles. The van der Waals surface area contributed by atoms with Crippen molar-refractivity contribution < 1.29 is 52.1 Å². The summed E-state index contributed by atoms with van der Waals surface area (Å²) >= 11 is 0. The summed E-state index contributed by atoms with van der Waals surface area (Å²) in [5, 5.41) is -0.796. The van der Waals surface area contributed by atoms with Gasteiger partial charge in [-0.1, -0.05) is 0 Å². The fourth-order valence-electron chi connectivity index (χ4n) is 3.37. The molecule has 0 aromatic carbocycles. The molecule has 2 aliphatic carbocycles. The van der Waals surface area contributed by atoms with E-state index in [1.165, 1.54) is 7.11 Å². The van der Waals surface area contributed by atoms with Gasteiger partial charge in [-0.3, -0.25) is 4.79 Å². The number of carbonyl (C=O) groups excluding carboxylic acids is 1. The van der Waals surface area contributed by atoms with Crippen LogP contribution >= 0.6 is 0 Å². The van der Waals surface area contributed by atoms with Gasteiger partial charge in [0, 0.05) is 0 Å². The van der Waals surface area contributed by atoms with Crippen LogP contribution in [0.4, 0.5) is 0 Å². The zero-order valence-electron chi connectivity index (χ0n) is 10.3. The zero-order valence-corrected chi connectivity index (χ0v) is 13.1. The molecule has 4 atom stereocenters. The maximum absolute atomic E-state index is 11.6. The summed E-state index contributed by atoms with van der Waals surface area (Å²) in [5.74, 6) is -0.489. The van der Waals surface area contributed by atoms with Crippen LogP contribution in [0.2, 0.25) is 0 Å². The minimum Gasteiger partial charge on any atom is -0.748 e. The van der Waals surface area contributed by atoms with Crippen LogP contribution in [-0.2, 0) is 19.6 Å². The van der Waals surface area contributed by atoms with E-state index >= 15 is 0 Å². The summed E-state index contributed by atoms with van der Waals surface area (Å²) < 4.78 is 37.8. The van der Waals surface area contributed by atoms with Crippen molar-refractivity contribution in [2.75, 3.05) is 7.11 Å². The fourth-order valence-corrected chi connectivity index (χ4v) is 4.52. The molecule has 0 spiro atoms. The third kappa shape index (κ3) is 2.42. The van der Waals surface area contributed by atoms with Gasteiger partial charge in [-0.2, -0.15) is 0 Å². The van der Waals surface area contributed by atoms with Crippen molar-refractivity contribution in [3.05, 3.63) is 0 Å². The minimum absolute atomic E-state index is 0. The Morgan fingerprint density at radius 2 is 2.00 bits per heavy atom. The normalized spacial score (nSPS) is 39.8. The molecule has 17 heavy (non-hydrogen) atoms. The Labute approximate surface area is 123 Å². The van der Waals surface area contributed by atoms with Crippen molar-refractivity contribution in [2.24, 2.45) is 17.3 Å². The summed E-state index contributed by atoms with van der Waals surface area (Å²) in [7, 11) is -2.88. The van der Waals surface area contributed by atoms with Gasteiger partial charge in [-0.15, -0.1) is 0 Å². The molecule has 0 saturated heterocycles. The van der Waals surface area contributed by atoms with Gasteiger partial charge in [0.2, 0.25) is 0 Å². The predicted molar refractivity (Wildman–Crippen MR) is 54.4 cm³/mol. The number of methoxy groups -OCH3 is 1. The molecule has 0 aliphatic heterocycles. The Morgan fingerprint density at radius 1 is 1.41 bits per heavy atom. The minimum atomic E-state index is -4.22. The van der Waals surface area contributed by atoms with Crippen LogP contribution in [0.1, 0.15) is 26.2 Å². The predicted octanol–water partition coefficient (Wildman–Crippen LogP) is -2.49. The van der Waals surface area contributed by atoms with Gasteiger partial charge < -0.3 is 9.29 Å². The van der Waals surface area contributed by atoms with Crippen LogP contribution in [0.25, 0.3) is 0 Å². The smallest absolute Gasteiger partial charge is 0.748 e. The van der Waals surface area contributed by atoms with E-state index in [4.69, 9.17) is 4.74 Å². The molecule has 2 bridgehead atoms. The van der Waals surface area contributed by atoms with Crippen molar-refractivity contribution in [1.82, 2.24) is 0 Å². The quantitative estimate of drug-likeness (QED) is 0.315. The molecule has 0 amide bonds. The summed E-state index contributed by atoms with van der Waals surface area (Å²) in [6, 6.07) is 0. The van der Waals surface area contributed by atoms with Crippen LogP contribution in [0.5, 0.6) is 0 Å². The van der Waals surface area contributed by atoms with E-state index < -0.39 is 20.8 Å². The van der Waals surface area contributed by atoms with Gasteiger partial charge in [-0.25, -0.2) is 8.42 Å². The summed E-state index contributed by atoms with van der Waals surface area (Å²) in [6.07, 6.45) is 1.41. The average molecular weight is 270 g/mol. The summed E-state index contributed by atoms with van der Waals surface area (Å²) in [4.78, 5) is 11.6. The molecule has 2 rings (SSSR count). The summed E-state index contributed by atoms with van der Waals surface area (Å²) in [5.41, 5.74) is -0.597. The van der Waals surface area contributed by atoms with Gasteiger partial charge >= 0.3 is 35.5 Å². The van der Waals surface area contributed by atoms with E-state index in [0.29, 0.717) is 19.3 Å². The Morgan fingerprint density at radius 3 is 2.35 bits per heavy atom. The number of ether oxygens (including phenoxy) is 1.